The van der Waals surface area contributed by atoms with Crippen LogP contribution in [0.1, 0.15) is 23.0 Å². The molecule has 2 rings (SSSR count). The van der Waals surface area contributed by atoms with Crippen LogP contribution in [0.3, 0.4) is 0 Å². The van der Waals surface area contributed by atoms with Gasteiger partial charge in [-0.05, 0) is 11.1 Å². The van der Waals surface area contributed by atoms with E-state index in [-0.39, 0.29) is 25.0 Å². The molecule has 0 amide bonds. The van der Waals surface area contributed by atoms with Gasteiger partial charge in [0.25, 0.3) is 0 Å². The summed E-state index contributed by atoms with van der Waals surface area (Å²) >= 11 is 0. The molecule has 18 heavy (non-hydrogen) atoms. The van der Waals surface area contributed by atoms with E-state index in [4.69, 9.17) is 0 Å². The minimum Gasteiger partial charge on any atom is -0.396 e. The number of rotatable bonds is 5. The average Bonchev–Trinajstić information content (AvgIpc) is 2.46. The zero-order chi connectivity index (χ0) is 12.8. The lowest BCUT2D eigenvalue weighted by Gasteiger charge is -2.24. The molecule has 0 saturated carbocycles. The number of hydrogen-bond donors (Lipinski definition) is 2. The zero-order valence-electron chi connectivity index (χ0n) is 10.2. The van der Waals surface area contributed by atoms with Gasteiger partial charge < -0.3 is 10.2 Å². The Labute approximate surface area is 108 Å². The molecule has 0 heterocycles. The van der Waals surface area contributed by atoms with E-state index in [1.165, 1.54) is 0 Å². The van der Waals surface area contributed by atoms with Crippen LogP contribution in [0.2, 0.25) is 0 Å². The van der Waals surface area contributed by atoms with Gasteiger partial charge in [0.05, 0.1) is 13.2 Å². The summed E-state index contributed by atoms with van der Waals surface area (Å²) in [6, 6.07) is 19.7. The summed E-state index contributed by atoms with van der Waals surface area (Å²) < 4.78 is 0. The molecule has 2 atom stereocenters. The van der Waals surface area contributed by atoms with E-state index in [0.29, 0.717) is 0 Å². The minimum atomic E-state index is -0.0707. The Morgan fingerprint density at radius 3 is 1.22 bits per heavy atom. The van der Waals surface area contributed by atoms with Crippen molar-refractivity contribution < 1.29 is 10.2 Å². The molecule has 94 valence electrons. The maximum atomic E-state index is 9.63. The van der Waals surface area contributed by atoms with Crippen LogP contribution in [0.5, 0.6) is 0 Å². The summed E-state index contributed by atoms with van der Waals surface area (Å²) in [6.45, 7) is 0.0638. The van der Waals surface area contributed by atoms with E-state index in [1.807, 2.05) is 60.7 Å². The van der Waals surface area contributed by atoms with Crippen molar-refractivity contribution in [2.45, 2.75) is 11.8 Å². The highest BCUT2D eigenvalue weighted by molar-refractivity contribution is 5.28. The van der Waals surface area contributed by atoms with Gasteiger partial charge in [-0.1, -0.05) is 60.7 Å². The third-order valence-electron chi connectivity index (χ3n) is 3.33. The maximum absolute atomic E-state index is 9.63. The maximum Gasteiger partial charge on any atom is 0.0506 e. The monoisotopic (exact) mass is 242 g/mol. The number of aliphatic hydroxyl groups excluding tert-OH is 2. The molecule has 2 nitrogen and oxygen atoms in total. The van der Waals surface area contributed by atoms with Gasteiger partial charge in [0, 0.05) is 11.8 Å². The predicted octanol–water partition coefficient (Wildman–Crippen LogP) is 2.54. The van der Waals surface area contributed by atoms with Crippen LogP contribution in [0, 0.1) is 0 Å². The summed E-state index contributed by atoms with van der Waals surface area (Å²) in [6.07, 6.45) is 0. The van der Waals surface area contributed by atoms with E-state index in [0.717, 1.165) is 11.1 Å². The molecule has 0 spiro atoms. The van der Waals surface area contributed by atoms with Crippen LogP contribution in [-0.2, 0) is 0 Å². The molecule has 0 aromatic heterocycles. The van der Waals surface area contributed by atoms with Crippen molar-refractivity contribution in [2.75, 3.05) is 13.2 Å². The number of benzene rings is 2. The normalized spacial score (nSPS) is 14.1. The van der Waals surface area contributed by atoms with Crippen molar-refractivity contribution >= 4 is 0 Å². The molecule has 0 aliphatic rings. The van der Waals surface area contributed by atoms with E-state index in [9.17, 15) is 10.2 Å². The Morgan fingerprint density at radius 2 is 0.944 bits per heavy atom. The highest BCUT2D eigenvalue weighted by atomic mass is 16.3. The van der Waals surface area contributed by atoms with E-state index < -0.39 is 0 Å². The smallest absolute Gasteiger partial charge is 0.0506 e. The summed E-state index contributed by atoms with van der Waals surface area (Å²) in [5.74, 6) is -0.141. The topological polar surface area (TPSA) is 40.5 Å². The standard InChI is InChI=1S/C16H18O2/c17-11-15(13-7-3-1-4-8-13)16(12-18)14-9-5-2-6-10-14/h1-10,15-18H,11-12H2/t15-,16-/m1/s1. The summed E-state index contributed by atoms with van der Waals surface area (Å²) in [7, 11) is 0. The lowest BCUT2D eigenvalue weighted by Crippen LogP contribution is -2.18. The molecule has 0 aliphatic carbocycles. The molecular formula is C16H18O2. The fraction of sp³-hybridized carbons (Fsp3) is 0.250. The number of hydrogen-bond acceptors (Lipinski definition) is 2. The zero-order valence-corrected chi connectivity index (χ0v) is 10.2. The first-order valence-electron chi connectivity index (χ1n) is 6.18. The van der Waals surface area contributed by atoms with Crippen LogP contribution in [0.25, 0.3) is 0 Å². The Balaban J connectivity index is 2.31. The second kappa shape index (κ2) is 6.34. The molecule has 0 fully saturated rings. The molecule has 2 aromatic carbocycles. The summed E-state index contributed by atoms with van der Waals surface area (Å²) in [4.78, 5) is 0. The minimum absolute atomic E-state index is 0.0319. The van der Waals surface area contributed by atoms with Crippen molar-refractivity contribution in [3.05, 3.63) is 71.8 Å². The van der Waals surface area contributed by atoms with Crippen molar-refractivity contribution in [3.8, 4) is 0 Å². The quantitative estimate of drug-likeness (QED) is 0.846. The molecule has 0 aliphatic heterocycles. The molecule has 2 N–H and O–H groups in total. The second-order valence-corrected chi connectivity index (χ2v) is 4.40. The fourth-order valence-corrected chi connectivity index (χ4v) is 2.33. The summed E-state index contributed by atoms with van der Waals surface area (Å²) in [5.41, 5.74) is 2.12. The first-order chi connectivity index (χ1) is 8.86. The van der Waals surface area contributed by atoms with E-state index in [1.54, 1.807) is 0 Å². The molecule has 0 saturated heterocycles. The largest absolute Gasteiger partial charge is 0.396 e. The molecule has 0 unspecified atom stereocenters. The lowest BCUT2D eigenvalue weighted by molar-refractivity contribution is 0.196. The van der Waals surface area contributed by atoms with Gasteiger partial charge in [-0.3, -0.25) is 0 Å². The Bertz CT molecular complexity index is 408. The molecule has 0 radical (unpaired) electrons. The predicted molar refractivity (Wildman–Crippen MR) is 72.5 cm³/mol. The van der Waals surface area contributed by atoms with Gasteiger partial charge in [-0.25, -0.2) is 0 Å². The van der Waals surface area contributed by atoms with Gasteiger partial charge in [0.1, 0.15) is 0 Å². The van der Waals surface area contributed by atoms with E-state index in [2.05, 4.69) is 0 Å². The van der Waals surface area contributed by atoms with Crippen LogP contribution >= 0.6 is 0 Å². The molecule has 2 heteroatoms. The second-order valence-electron chi connectivity index (χ2n) is 4.40. The Kier molecular flexibility index (Phi) is 4.51. The Hall–Kier alpha value is -1.64. The molecule has 2 aromatic rings. The van der Waals surface area contributed by atoms with Gasteiger partial charge in [-0.2, -0.15) is 0 Å². The Morgan fingerprint density at radius 1 is 0.611 bits per heavy atom. The SMILES string of the molecule is OC[C@H](c1ccccc1)[C@H](CO)c1ccccc1. The number of aliphatic hydroxyl groups is 2. The average molecular weight is 242 g/mol. The highest BCUT2D eigenvalue weighted by Crippen LogP contribution is 2.32. The van der Waals surface area contributed by atoms with Gasteiger partial charge in [-0.15, -0.1) is 0 Å². The molecular weight excluding hydrogens is 224 g/mol. The van der Waals surface area contributed by atoms with Crippen LogP contribution < -0.4 is 0 Å². The van der Waals surface area contributed by atoms with Crippen molar-refractivity contribution in [3.63, 3.8) is 0 Å². The first kappa shape index (κ1) is 12.8. The molecule has 0 bridgehead atoms. The highest BCUT2D eigenvalue weighted by Gasteiger charge is 2.23. The first-order valence-corrected chi connectivity index (χ1v) is 6.18. The van der Waals surface area contributed by atoms with Gasteiger partial charge >= 0.3 is 0 Å². The van der Waals surface area contributed by atoms with E-state index >= 15 is 0 Å². The third-order valence-corrected chi connectivity index (χ3v) is 3.33. The van der Waals surface area contributed by atoms with Crippen LogP contribution in [0.15, 0.2) is 60.7 Å². The van der Waals surface area contributed by atoms with Crippen molar-refractivity contribution in [2.24, 2.45) is 0 Å². The summed E-state index contributed by atoms with van der Waals surface area (Å²) in [5, 5.41) is 19.3. The van der Waals surface area contributed by atoms with Crippen molar-refractivity contribution in [1.82, 2.24) is 0 Å². The lowest BCUT2D eigenvalue weighted by atomic mass is 9.82. The third kappa shape index (κ3) is 2.78. The van der Waals surface area contributed by atoms with Crippen molar-refractivity contribution in [1.29, 1.82) is 0 Å². The van der Waals surface area contributed by atoms with Crippen LogP contribution in [0.4, 0.5) is 0 Å². The van der Waals surface area contributed by atoms with Gasteiger partial charge in [0.15, 0.2) is 0 Å². The van der Waals surface area contributed by atoms with Gasteiger partial charge in [0.2, 0.25) is 0 Å². The fourth-order valence-electron chi connectivity index (χ4n) is 2.33. The van der Waals surface area contributed by atoms with Crippen LogP contribution in [-0.4, -0.2) is 23.4 Å².